The van der Waals surface area contributed by atoms with Crippen LogP contribution >= 0.6 is 23.2 Å². The Bertz CT molecular complexity index is 525. The van der Waals surface area contributed by atoms with Gasteiger partial charge in [-0.15, -0.1) is 11.6 Å². The van der Waals surface area contributed by atoms with E-state index < -0.39 is 0 Å². The maximum atomic E-state index is 13.2. The Hall–Kier alpha value is -1.05. The van der Waals surface area contributed by atoms with Gasteiger partial charge in [-0.25, -0.2) is 4.39 Å². The highest BCUT2D eigenvalue weighted by Gasteiger charge is 2.13. The molecule has 0 aromatic heterocycles. The first-order valence-electron chi connectivity index (χ1n) is 5.75. The van der Waals surface area contributed by atoms with Gasteiger partial charge in [0.2, 0.25) is 0 Å². The molecule has 0 aliphatic heterocycles. The third kappa shape index (κ3) is 3.24. The van der Waals surface area contributed by atoms with E-state index in [1.807, 2.05) is 30.3 Å². The van der Waals surface area contributed by atoms with E-state index in [9.17, 15) is 4.39 Å². The average Bonchev–Trinajstić information content (AvgIpc) is 2.38. The number of benzene rings is 2. The number of hydrogen-bond donors (Lipinski definition) is 0. The summed E-state index contributed by atoms with van der Waals surface area (Å²) in [5.74, 6) is 0.276. The highest BCUT2D eigenvalue weighted by Crippen LogP contribution is 2.26. The largest absolute Gasteiger partial charge is 0.207 e. The molecule has 0 bridgehead atoms. The van der Waals surface area contributed by atoms with Crippen molar-refractivity contribution in [2.45, 2.75) is 12.3 Å². The lowest BCUT2D eigenvalue weighted by atomic mass is 9.93. The van der Waals surface area contributed by atoms with Crippen molar-refractivity contribution in [2.24, 2.45) is 0 Å². The topological polar surface area (TPSA) is 0 Å². The molecule has 94 valence electrons. The normalized spacial score (nSPS) is 12.4. The molecule has 3 heteroatoms. The average molecular weight is 283 g/mol. The fourth-order valence-corrected chi connectivity index (χ4v) is 2.45. The summed E-state index contributed by atoms with van der Waals surface area (Å²) in [5, 5.41) is 0.726. The molecule has 0 heterocycles. The summed E-state index contributed by atoms with van der Waals surface area (Å²) in [7, 11) is 0. The van der Waals surface area contributed by atoms with Gasteiger partial charge in [-0.05, 0) is 35.7 Å². The SMILES string of the molecule is Fc1cccc(C(CCl)Cc2ccccc2Cl)c1. The van der Waals surface area contributed by atoms with Gasteiger partial charge in [0.25, 0.3) is 0 Å². The van der Waals surface area contributed by atoms with Gasteiger partial charge in [0, 0.05) is 16.8 Å². The molecule has 2 aromatic carbocycles. The third-order valence-electron chi connectivity index (χ3n) is 2.93. The van der Waals surface area contributed by atoms with Crippen LogP contribution in [0.3, 0.4) is 0 Å². The Kier molecular flexibility index (Phi) is 4.62. The molecule has 0 spiro atoms. The van der Waals surface area contributed by atoms with Gasteiger partial charge < -0.3 is 0 Å². The Morgan fingerprint density at radius 2 is 1.83 bits per heavy atom. The standard InChI is InChI=1S/C15H13Cl2F/c16-10-13(11-5-3-6-14(18)9-11)8-12-4-1-2-7-15(12)17/h1-7,9,13H,8,10H2. The van der Waals surface area contributed by atoms with Crippen LogP contribution in [0.25, 0.3) is 0 Å². The monoisotopic (exact) mass is 282 g/mol. The minimum atomic E-state index is -0.234. The lowest BCUT2D eigenvalue weighted by molar-refractivity contribution is 0.621. The predicted octanol–water partition coefficient (Wildman–Crippen LogP) is 5.04. The Labute approximate surface area is 116 Å². The minimum Gasteiger partial charge on any atom is -0.207 e. The van der Waals surface area contributed by atoms with Crippen LogP contribution in [0.5, 0.6) is 0 Å². The lowest BCUT2D eigenvalue weighted by Gasteiger charge is -2.15. The Morgan fingerprint density at radius 3 is 2.50 bits per heavy atom. The molecule has 0 fully saturated rings. The summed E-state index contributed by atoms with van der Waals surface area (Å²) in [4.78, 5) is 0. The molecule has 2 aromatic rings. The first-order valence-corrected chi connectivity index (χ1v) is 6.67. The van der Waals surface area contributed by atoms with Gasteiger partial charge in [-0.2, -0.15) is 0 Å². The molecule has 0 N–H and O–H groups in total. The quantitative estimate of drug-likeness (QED) is 0.689. The summed E-state index contributed by atoms with van der Waals surface area (Å²) >= 11 is 12.1. The van der Waals surface area contributed by atoms with E-state index in [1.165, 1.54) is 12.1 Å². The highest BCUT2D eigenvalue weighted by molar-refractivity contribution is 6.31. The summed E-state index contributed by atoms with van der Waals surface area (Å²) in [6, 6.07) is 14.2. The molecular weight excluding hydrogens is 270 g/mol. The van der Waals surface area contributed by atoms with Crippen LogP contribution in [0.4, 0.5) is 4.39 Å². The summed E-state index contributed by atoms with van der Waals surface area (Å²) in [6.45, 7) is 0. The second kappa shape index (κ2) is 6.21. The van der Waals surface area contributed by atoms with Gasteiger partial charge in [0.05, 0.1) is 0 Å². The molecule has 0 saturated heterocycles. The van der Waals surface area contributed by atoms with E-state index in [0.717, 1.165) is 16.1 Å². The Balaban J connectivity index is 2.23. The van der Waals surface area contributed by atoms with E-state index >= 15 is 0 Å². The van der Waals surface area contributed by atoms with Crippen molar-refractivity contribution in [1.82, 2.24) is 0 Å². The molecule has 0 aliphatic carbocycles. The molecule has 18 heavy (non-hydrogen) atoms. The maximum absolute atomic E-state index is 13.2. The maximum Gasteiger partial charge on any atom is 0.123 e. The van der Waals surface area contributed by atoms with Crippen molar-refractivity contribution >= 4 is 23.2 Å². The zero-order valence-electron chi connectivity index (χ0n) is 9.74. The molecule has 1 unspecified atom stereocenters. The molecule has 0 aliphatic rings. The first kappa shape index (κ1) is 13.4. The van der Waals surface area contributed by atoms with E-state index in [1.54, 1.807) is 6.07 Å². The summed E-state index contributed by atoms with van der Waals surface area (Å²) in [6.07, 6.45) is 0.715. The first-order chi connectivity index (χ1) is 8.70. The predicted molar refractivity (Wildman–Crippen MR) is 75.0 cm³/mol. The van der Waals surface area contributed by atoms with Gasteiger partial charge in [-0.3, -0.25) is 0 Å². The van der Waals surface area contributed by atoms with Crippen LogP contribution in [-0.2, 0) is 6.42 Å². The number of rotatable bonds is 4. The van der Waals surface area contributed by atoms with Crippen molar-refractivity contribution in [1.29, 1.82) is 0 Å². The minimum absolute atomic E-state index is 0.0715. The number of halogens is 3. The molecule has 1 atom stereocenters. The summed E-state index contributed by atoms with van der Waals surface area (Å²) in [5.41, 5.74) is 1.94. The van der Waals surface area contributed by atoms with Crippen molar-refractivity contribution in [2.75, 3.05) is 5.88 Å². The molecular formula is C15H13Cl2F. The summed E-state index contributed by atoms with van der Waals surface area (Å²) < 4.78 is 13.2. The van der Waals surface area contributed by atoms with Gasteiger partial charge in [0.1, 0.15) is 5.82 Å². The van der Waals surface area contributed by atoms with Crippen LogP contribution in [0, 0.1) is 5.82 Å². The van der Waals surface area contributed by atoms with Crippen LogP contribution in [0.1, 0.15) is 17.0 Å². The van der Waals surface area contributed by atoms with Gasteiger partial charge in [-0.1, -0.05) is 41.9 Å². The lowest BCUT2D eigenvalue weighted by Crippen LogP contribution is -2.05. The van der Waals surface area contributed by atoms with Crippen molar-refractivity contribution in [3.8, 4) is 0 Å². The van der Waals surface area contributed by atoms with Crippen LogP contribution in [0.15, 0.2) is 48.5 Å². The second-order valence-corrected chi connectivity index (χ2v) is 4.92. The second-order valence-electron chi connectivity index (χ2n) is 4.20. The number of alkyl halides is 1. The van der Waals surface area contributed by atoms with Gasteiger partial charge in [0.15, 0.2) is 0 Å². The Morgan fingerprint density at radius 1 is 1.06 bits per heavy atom. The van der Waals surface area contributed by atoms with Crippen molar-refractivity contribution < 1.29 is 4.39 Å². The zero-order valence-corrected chi connectivity index (χ0v) is 11.3. The fourth-order valence-electron chi connectivity index (χ4n) is 1.95. The zero-order chi connectivity index (χ0) is 13.0. The smallest absolute Gasteiger partial charge is 0.123 e. The van der Waals surface area contributed by atoms with E-state index in [0.29, 0.717) is 12.3 Å². The van der Waals surface area contributed by atoms with Crippen LogP contribution < -0.4 is 0 Å². The van der Waals surface area contributed by atoms with Crippen LogP contribution in [0.2, 0.25) is 5.02 Å². The van der Waals surface area contributed by atoms with Crippen LogP contribution in [-0.4, -0.2) is 5.88 Å². The molecule has 0 saturated carbocycles. The van der Waals surface area contributed by atoms with E-state index in [2.05, 4.69) is 0 Å². The molecule has 0 nitrogen and oxygen atoms in total. The van der Waals surface area contributed by atoms with Crippen molar-refractivity contribution in [3.05, 3.63) is 70.5 Å². The molecule has 0 amide bonds. The number of hydrogen-bond acceptors (Lipinski definition) is 0. The van der Waals surface area contributed by atoms with E-state index in [4.69, 9.17) is 23.2 Å². The van der Waals surface area contributed by atoms with Crippen molar-refractivity contribution in [3.63, 3.8) is 0 Å². The fraction of sp³-hybridized carbons (Fsp3) is 0.200. The molecule has 2 rings (SSSR count). The highest BCUT2D eigenvalue weighted by atomic mass is 35.5. The third-order valence-corrected chi connectivity index (χ3v) is 3.67. The molecule has 0 radical (unpaired) electrons. The van der Waals surface area contributed by atoms with E-state index in [-0.39, 0.29) is 11.7 Å². The van der Waals surface area contributed by atoms with Gasteiger partial charge >= 0.3 is 0 Å².